The van der Waals surface area contributed by atoms with Crippen LogP contribution in [0, 0.1) is 0 Å². The van der Waals surface area contributed by atoms with Crippen LogP contribution in [-0.2, 0) is 24.6 Å². The monoisotopic (exact) mass is 369 g/mol. The molecule has 0 atom stereocenters. The van der Waals surface area contributed by atoms with Crippen molar-refractivity contribution in [2.24, 2.45) is 7.05 Å². The number of Topliss-reactive ketones (excluding diaryl/α,β-unsaturated/α-hetero) is 1. The fraction of sp³-hybridized carbons (Fsp3) is 0.476. The highest BCUT2D eigenvalue weighted by molar-refractivity contribution is 6.01. The molecule has 0 fully saturated rings. The Labute approximate surface area is 160 Å². The summed E-state index contributed by atoms with van der Waals surface area (Å²) in [7, 11) is 3.38. The zero-order chi connectivity index (χ0) is 19.2. The molecule has 0 N–H and O–H groups in total. The smallest absolute Gasteiger partial charge is 0.274 e. The standard InChI is InChI=1S/C21H27N3O3/c1-23-20-17(10-6-7-11-18(20)25)19(22-23)21(26)24(14-15-27-2)13-12-16-8-4-3-5-9-16/h3-5,8-9H,6-7,10-15H2,1-2H3. The molecule has 27 heavy (non-hydrogen) atoms. The Hall–Kier alpha value is -2.47. The van der Waals surface area contributed by atoms with Crippen molar-refractivity contribution in [1.82, 2.24) is 14.7 Å². The average Bonchev–Trinajstić information content (AvgIpc) is 2.88. The molecule has 1 heterocycles. The molecular formula is C21H27N3O3. The number of hydrogen-bond acceptors (Lipinski definition) is 4. The minimum Gasteiger partial charge on any atom is -0.383 e. The van der Waals surface area contributed by atoms with Gasteiger partial charge in [-0.15, -0.1) is 0 Å². The summed E-state index contributed by atoms with van der Waals surface area (Å²) in [5, 5.41) is 4.43. The molecule has 0 aliphatic heterocycles. The lowest BCUT2D eigenvalue weighted by atomic mass is 10.1. The number of methoxy groups -OCH3 is 1. The van der Waals surface area contributed by atoms with E-state index in [4.69, 9.17) is 4.74 Å². The maximum Gasteiger partial charge on any atom is 0.274 e. The third kappa shape index (κ3) is 4.45. The van der Waals surface area contributed by atoms with E-state index in [1.165, 1.54) is 5.56 Å². The number of amides is 1. The number of carbonyl (C=O) groups excluding carboxylic acids is 2. The van der Waals surface area contributed by atoms with Crippen LogP contribution in [0.2, 0.25) is 0 Å². The van der Waals surface area contributed by atoms with E-state index >= 15 is 0 Å². The number of benzene rings is 1. The fourth-order valence-corrected chi connectivity index (χ4v) is 3.61. The highest BCUT2D eigenvalue weighted by Gasteiger charge is 2.29. The largest absolute Gasteiger partial charge is 0.383 e. The quantitative estimate of drug-likeness (QED) is 0.704. The molecule has 2 aromatic rings. The Kier molecular flexibility index (Phi) is 6.40. The topological polar surface area (TPSA) is 64.4 Å². The third-order valence-electron chi connectivity index (χ3n) is 5.06. The van der Waals surface area contributed by atoms with Gasteiger partial charge in [0.2, 0.25) is 0 Å². The molecule has 0 saturated carbocycles. The summed E-state index contributed by atoms with van der Waals surface area (Å²) in [6.45, 7) is 1.56. The van der Waals surface area contributed by atoms with Gasteiger partial charge in [-0.2, -0.15) is 5.10 Å². The minimum absolute atomic E-state index is 0.0873. The molecule has 1 aliphatic rings. The molecule has 6 nitrogen and oxygen atoms in total. The molecule has 3 rings (SSSR count). The third-order valence-corrected chi connectivity index (χ3v) is 5.06. The lowest BCUT2D eigenvalue weighted by molar-refractivity contribution is 0.0690. The van der Waals surface area contributed by atoms with Gasteiger partial charge in [0.15, 0.2) is 11.5 Å². The van der Waals surface area contributed by atoms with Crippen molar-refractivity contribution in [3.63, 3.8) is 0 Å². The second-order valence-corrected chi connectivity index (χ2v) is 6.95. The lowest BCUT2D eigenvalue weighted by Gasteiger charge is -2.22. The molecule has 0 bridgehead atoms. The van der Waals surface area contributed by atoms with Crippen molar-refractivity contribution < 1.29 is 14.3 Å². The van der Waals surface area contributed by atoms with E-state index < -0.39 is 0 Å². The molecule has 0 saturated heterocycles. The van der Waals surface area contributed by atoms with E-state index in [1.807, 2.05) is 18.2 Å². The fourth-order valence-electron chi connectivity index (χ4n) is 3.61. The predicted molar refractivity (Wildman–Crippen MR) is 103 cm³/mol. The van der Waals surface area contributed by atoms with Gasteiger partial charge in [-0.3, -0.25) is 14.3 Å². The van der Waals surface area contributed by atoms with E-state index in [2.05, 4.69) is 17.2 Å². The first kappa shape index (κ1) is 19.3. The predicted octanol–water partition coefficient (Wildman–Crippen LogP) is 2.66. The van der Waals surface area contributed by atoms with Gasteiger partial charge in [-0.1, -0.05) is 30.3 Å². The maximum absolute atomic E-state index is 13.3. The van der Waals surface area contributed by atoms with Gasteiger partial charge in [0, 0.05) is 39.2 Å². The van der Waals surface area contributed by atoms with Crippen LogP contribution in [-0.4, -0.2) is 53.2 Å². The van der Waals surface area contributed by atoms with Crippen LogP contribution >= 0.6 is 0 Å². The molecule has 1 amide bonds. The number of fused-ring (bicyclic) bond motifs is 1. The number of aryl methyl sites for hydroxylation is 1. The van der Waals surface area contributed by atoms with Crippen molar-refractivity contribution >= 4 is 11.7 Å². The minimum atomic E-state index is -0.116. The number of nitrogens with zero attached hydrogens (tertiary/aromatic N) is 3. The zero-order valence-electron chi connectivity index (χ0n) is 16.1. The summed E-state index contributed by atoms with van der Waals surface area (Å²) >= 11 is 0. The zero-order valence-corrected chi connectivity index (χ0v) is 16.1. The Bertz CT molecular complexity index is 799. The second-order valence-electron chi connectivity index (χ2n) is 6.95. The summed E-state index contributed by atoms with van der Waals surface area (Å²) in [5.41, 5.74) is 3.02. The molecule has 0 radical (unpaired) electrons. The van der Waals surface area contributed by atoms with Crippen LogP contribution in [0.1, 0.15) is 51.4 Å². The SMILES string of the molecule is COCCN(CCc1ccccc1)C(=O)c1nn(C)c2c1CCCCC2=O. The number of ether oxygens (including phenoxy) is 1. The molecule has 0 spiro atoms. The number of ketones is 1. The van der Waals surface area contributed by atoms with E-state index in [1.54, 1.807) is 23.7 Å². The number of aromatic nitrogens is 2. The van der Waals surface area contributed by atoms with Gasteiger partial charge < -0.3 is 9.64 Å². The molecule has 6 heteroatoms. The van der Waals surface area contributed by atoms with E-state index in [-0.39, 0.29) is 11.7 Å². The van der Waals surface area contributed by atoms with Crippen LogP contribution in [0.15, 0.2) is 30.3 Å². The second kappa shape index (κ2) is 8.95. The molecule has 1 aromatic carbocycles. The lowest BCUT2D eigenvalue weighted by Crippen LogP contribution is -2.36. The van der Waals surface area contributed by atoms with E-state index in [9.17, 15) is 9.59 Å². The molecule has 0 unspecified atom stereocenters. The first-order chi connectivity index (χ1) is 13.1. The van der Waals surface area contributed by atoms with Crippen molar-refractivity contribution in [2.75, 3.05) is 26.8 Å². The number of hydrogen-bond donors (Lipinski definition) is 0. The van der Waals surface area contributed by atoms with Crippen molar-refractivity contribution in [1.29, 1.82) is 0 Å². The van der Waals surface area contributed by atoms with Crippen molar-refractivity contribution in [3.05, 3.63) is 52.8 Å². The van der Waals surface area contributed by atoms with Crippen molar-refractivity contribution in [3.8, 4) is 0 Å². The average molecular weight is 369 g/mol. The van der Waals surface area contributed by atoms with Gasteiger partial charge in [0.25, 0.3) is 5.91 Å². The van der Waals surface area contributed by atoms with Gasteiger partial charge in [-0.25, -0.2) is 0 Å². The number of carbonyl (C=O) groups is 2. The summed E-state index contributed by atoms with van der Waals surface area (Å²) in [6.07, 6.45) is 3.80. The molecule has 1 aliphatic carbocycles. The highest BCUT2D eigenvalue weighted by atomic mass is 16.5. The molecular weight excluding hydrogens is 342 g/mol. The van der Waals surface area contributed by atoms with Crippen LogP contribution < -0.4 is 0 Å². The first-order valence-corrected chi connectivity index (χ1v) is 9.53. The Balaban J connectivity index is 1.83. The molecule has 1 aromatic heterocycles. The Morgan fingerprint density at radius 1 is 1.19 bits per heavy atom. The van der Waals surface area contributed by atoms with Gasteiger partial charge >= 0.3 is 0 Å². The summed E-state index contributed by atoms with van der Waals surface area (Å²) in [6, 6.07) is 10.1. The molecule has 144 valence electrons. The van der Waals surface area contributed by atoms with Crippen molar-refractivity contribution in [2.45, 2.75) is 32.1 Å². The Morgan fingerprint density at radius 3 is 2.67 bits per heavy atom. The summed E-state index contributed by atoms with van der Waals surface area (Å²) in [5.74, 6) is -0.0289. The van der Waals surface area contributed by atoms with Crippen LogP contribution in [0.3, 0.4) is 0 Å². The Morgan fingerprint density at radius 2 is 1.93 bits per heavy atom. The number of rotatable bonds is 7. The van der Waals surface area contributed by atoms with Gasteiger partial charge in [-0.05, 0) is 31.2 Å². The van der Waals surface area contributed by atoms with E-state index in [0.717, 1.165) is 31.2 Å². The first-order valence-electron chi connectivity index (χ1n) is 9.53. The van der Waals surface area contributed by atoms with Crippen LogP contribution in [0.4, 0.5) is 0 Å². The van der Waals surface area contributed by atoms with Gasteiger partial charge in [0.1, 0.15) is 5.69 Å². The summed E-state index contributed by atoms with van der Waals surface area (Å²) in [4.78, 5) is 27.5. The summed E-state index contributed by atoms with van der Waals surface area (Å²) < 4.78 is 6.78. The van der Waals surface area contributed by atoms with E-state index in [0.29, 0.717) is 37.5 Å². The maximum atomic E-state index is 13.3. The normalized spacial score (nSPS) is 13.9. The highest BCUT2D eigenvalue weighted by Crippen LogP contribution is 2.24. The van der Waals surface area contributed by atoms with Crippen LogP contribution in [0.25, 0.3) is 0 Å². The van der Waals surface area contributed by atoms with Crippen LogP contribution in [0.5, 0.6) is 0 Å². The van der Waals surface area contributed by atoms with Gasteiger partial charge in [0.05, 0.1) is 6.61 Å².